The number of carbonyl (C=O) groups excluding carboxylic acids is 2. The summed E-state index contributed by atoms with van der Waals surface area (Å²) in [5, 5.41) is 0. The average Bonchev–Trinajstić information content (AvgIpc) is 3.26. The van der Waals surface area contributed by atoms with Gasteiger partial charge in [0.2, 0.25) is 0 Å². The van der Waals surface area contributed by atoms with Gasteiger partial charge in [-0.1, -0.05) is 43.2 Å². The van der Waals surface area contributed by atoms with Crippen LogP contribution in [-0.2, 0) is 20.9 Å². The summed E-state index contributed by atoms with van der Waals surface area (Å²) in [4.78, 5) is 53.0. The largest absolute Gasteiger partial charge is 0.456 e. The molecule has 9 heteroatoms. The number of rotatable bonds is 8. The fourth-order valence-electron chi connectivity index (χ4n) is 3.95. The second-order valence-corrected chi connectivity index (χ2v) is 7.72. The smallest absolute Gasteiger partial charge is 0.330 e. The first kappa shape index (κ1) is 22.3. The number of nitrogen functional groups attached to an aromatic ring is 1. The number of hydrogen-bond donors (Lipinski definition) is 2. The number of benzene rings is 1. The third-order valence-electron chi connectivity index (χ3n) is 5.57. The van der Waals surface area contributed by atoms with Gasteiger partial charge in [0.15, 0.2) is 12.3 Å². The van der Waals surface area contributed by atoms with Crippen molar-refractivity contribution < 1.29 is 14.3 Å². The van der Waals surface area contributed by atoms with E-state index in [1.807, 2.05) is 30.3 Å². The highest BCUT2D eigenvalue weighted by molar-refractivity contribution is 5.97. The zero-order chi connectivity index (χ0) is 22.4. The van der Waals surface area contributed by atoms with E-state index < -0.39 is 29.7 Å². The summed E-state index contributed by atoms with van der Waals surface area (Å²) in [5.74, 6) is -0.813. The predicted octanol–water partition coefficient (Wildman–Crippen LogP) is 1.64. The summed E-state index contributed by atoms with van der Waals surface area (Å²) >= 11 is 0. The second-order valence-electron chi connectivity index (χ2n) is 7.72. The molecule has 0 spiro atoms. The van der Waals surface area contributed by atoms with E-state index in [1.54, 1.807) is 6.92 Å². The molecule has 1 aliphatic rings. The normalized spacial score (nSPS) is 13.8. The first-order chi connectivity index (χ1) is 14.9. The molecule has 1 saturated carbocycles. The maximum atomic E-state index is 12.7. The number of aromatic nitrogens is 2. The van der Waals surface area contributed by atoms with Gasteiger partial charge in [-0.25, -0.2) is 4.79 Å². The van der Waals surface area contributed by atoms with Crippen LogP contribution in [0.4, 0.5) is 11.5 Å². The van der Waals surface area contributed by atoms with Crippen LogP contribution in [0, 0.1) is 5.92 Å². The third-order valence-corrected chi connectivity index (χ3v) is 5.57. The van der Waals surface area contributed by atoms with E-state index in [2.05, 4.69) is 4.98 Å². The molecule has 1 aromatic heterocycles. The first-order valence-electron chi connectivity index (χ1n) is 10.5. The van der Waals surface area contributed by atoms with Gasteiger partial charge in [0.05, 0.1) is 6.54 Å². The lowest BCUT2D eigenvalue weighted by molar-refractivity contribution is -0.148. The first-order valence-corrected chi connectivity index (χ1v) is 10.5. The van der Waals surface area contributed by atoms with Crippen molar-refractivity contribution in [1.82, 2.24) is 9.55 Å². The molecule has 9 nitrogen and oxygen atoms in total. The minimum absolute atomic E-state index is 0.120. The molecule has 1 aromatic carbocycles. The van der Waals surface area contributed by atoms with Crippen molar-refractivity contribution in [3.8, 4) is 0 Å². The van der Waals surface area contributed by atoms with Gasteiger partial charge in [0, 0.05) is 13.0 Å². The van der Waals surface area contributed by atoms with Crippen molar-refractivity contribution in [2.75, 3.05) is 23.8 Å². The molecule has 1 amide bonds. The van der Waals surface area contributed by atoms with Crippen LogP contribution in [0.3, 0.4) is 0 Å². The molecule has 0 bridgehead atoms. The Morgan fingerprint density at radius 1 is 1.19 bits per heavy atom. The van der Waals surface area contributed by atoms with E-state index in [9.17, 15) is 19.2 Å². The molecule has 0 saturated heterocycles. The number of ether oxygens (including phenoxy) is 1. The van der Waals surface area contributed by atoms with E-state index in [0.717, 1.165) is 36.1 Å². The van der Waals surface area contributed by atoms with Gasteiger partial charge in [-0.2, -0.15) is 0 Å². The standard InChI is InChI=1S/C22H28N4O5/c1-2-25(17(27)14-31-18(28)12-15-8-6-7-9-15)19-20(23)26(22(30)24-21(19)29)13-16-10-4-3-5-11-16/h3-5,10-11,15H,2,6-9,12-14,23H2,1H3,(H,24,29,30). The Morgan fingerprint density at radius 3 is 2.52 bits per heavy atom. The highest BCUT2D eigenvalue weighted by Crippen LogP contribution is 2.27. The molecule has 0 atom stereocenters. The summed E-state index contributed by atoms with van der Waals surface area (Å²) in [6.45, 7) is 1.44. The van der Waals surface area contributed by atoms with E-state index in [4.69, 9.17) is 10.5 Å². The molecule has 1 aliphatic carbocycles. The van der Waals surface area contributed by atoms with Crippen LogP contribution in [0.1, 0.15) is 44.6 Å². The van der Waals surface area contributed by atoms with Crippen LogP contribution < -0.4 is 21.9 Å². The molecule has 0 aliphatic heterocycles. The van der Waals surface area contributed by atoms with E-state index >= 15 is 0 Å². The molecule has 0 radical (unpaired) electrons. The molecule has 1 fully saturated rings. The third kappa shape index (κ3) is 5.42. The highest BCUT2D eigenvalue weighted by Gasteiger charge is 2.25. The number of nitrogens with two attached hydrogens (primary N) is 1. The number of H-pyrrole nitrogens is 1. The number of hydrogen-bond acceptors (Lipinski definition) is 6. The highest BCUT2D eigenvalue weighted by atomic mass is 16.5. The average molecular weight is 428 g/mol. The number of carbonyl (C=O) groups is 2. The number of nitrogens with one attached hydrogen (secondary N) is 1. The Balaban J connectivity index is 1.77. The Kier molecular flexibility index (Phi) is 7.28. The van der Waals surface area contributed by atoms with Crippen molar-refractivity contribution in [2.24, 2.45) is 5.92 Å². The van der Waals surface area contributed by atoms with Gasteiger partial charge in [0.25, 0.3) is 11.5 Å². The molecule has 1 heterocycles. The Morgan fingerprint density at radius 2 is 1.87 bits per heavy atom. The summed E-state index contributed by atoms with van der Waals surface area (Å²) in [7, 11) is 0. The lowest BCUT2D eigenvalue weighted by Gasteiger charge is -2.23. The van der Waals surface area contributed by atoms with E-state index in [0.29, 0.717) is 12.3 Å². The molecule has 2 aromatic rings. The lowest BCUT2D eigenvalue weighted by atomic mass is 10.0. The predicted molar refractivity (Wildman–Crippen MR) is 117 cm³/mol. The van der Waals surface area contributed by atoms with Crippen molar-refractivity contribution in [2.45, 2.75) is 45.6 Å². The minimum atomic E-state index is -0.765. The van der Waals surface area contributed by atoms with Crippen LogP contribution >= 0.6 is 0 Å². The molecular formula is C22H28N4O5. The summed E-state index contributed by atoms with van der Waals surface area (Å²) in [5.41, 5.74) is 5.40. The fraction of sp³-hybridized carbons (Fsp3) is 0.455. The Hall–Kier alpha value is -3.36. The van der Waals surface area contributed by atoms with E-state index in [1.165, 1.54) is 4.57 Å². The quantitative estimate of drug-likeness (QED) is 0.616. The zero-order valence-corrected chi connectivity index (χ0v) is 17.6. The lowest BCUT2D eigenvalue weighted by Crippen LogP contribution is -2.42. The topological polar surface area (TPSA) is 127 Å². The summed E-state index contributed by atoms with van der Waals surface area (Å²) in [6, 6.07) is 9.14. The number of likely N-dealkylation sites (N-methyl/N-ethyl adjacent to an activating group) is 1. The van der Waals surface area contributed by atoms with Crippen molar-refractivity contribution in [1.29, 1.82) is 0 Å². The monoisotopic (exact) mass is 428 g/mol. The zero-order valence-electron chi connectivity index (χ0n) is 17.6. The molecule has 166 valence electrons. The number of amides is 1. The maximum absolute atomic E-state index is 12.7. The fourth-order valence-corrected chi connectivity index (χ4v) is 3.95. The minimum Gasteiger partial charge on any atom is -0.456 e. The van der Waals surface area contributed by atoms with Gasteiger partial charge >= 0.3 is 11.7 Å². The van der Waals surface area contributed by atoms with Gasteiger partial charge < -0.3 is 15.4 Å². The summed E-state index contributed by atoms with van der Waals surface area (Å²) in [6.07, 6.45) is 4.52. The number of esters is 1. The molecule has 3 N–H and O–H groups in total. The van der Waals surface area contributed by atoms with Gasteiger partial charge in [-0.05, 0) is 31.2 Å². The molecule has 3 rings (SSSR count). The van der Waals surface area contributed by atoms with Gasteiger partial charge in [-0.3, -0.25) is 23.9 Å². The Labute approximate surface area is 179 Å². The van der Waals surface area contributed by atoms with E-state index in [-0.39, 0.29) is 24.6 Å². The van der Waals surface area contributed by atoms with Crippen LogP contribution in [0.2, 0.25) is 0 Å². The van der Waals surface area contributed by atoms with Crippen molar-refractivity contribution in [3.05, 3.63) is 56.7 Å². The molecular weight excluding hydrogens is 400 g/mol. The second kappa shape index (κ2) is 10.1. The van der Waals surface area contributed by atoms with Crippen LogP contribution in [-0.4, -0.2) is 34.6 Å². The number of nitrogens with zero attached hydrogens (tertiary/aromatic N) is 2. The molecule has 31 heavy (non-hydrogen) atoms. The number of aromatic amines is 1. The number of anilines is 2. The maximum Gasteiger partial charge on any atom is 0.330 e. The van der Waals surface area contributed by atoms with Crippen molar-refractivity contribution in [3.63, 3.8) is 0 Å². The van der Waals surface area contributed by atoms with Crippen LogP contribution in [0.5, 0.6) is 0 Å². The van der Waals surface area contributed by atoms with Gasteiger partial charge in [-0.15, -0.1) is 0 Å². The SMILES string of the molecule is CCN(C(=O)COC(=O)CC1CCCC1)c1c(N)n(Cc2ccccc2)c(=O)[nH]c1=O. The van der Waals surface area contributed by atoms with Crippen LogP contribution in [0.15, 0.2) is 39.9 Å². The van der Waals surface area contributed by atoms with Crippen LogP contribution in [0.25, 0.3) is 0 Å². The molecule has 0 unspecified atom stereocenters. The summed E-state index contributed by atoms with van der Waals surface area (Å²) < 4.78 is 6.35. The van der Waals surface area contributed by atoms with Gasteiger partial charge in [0.1, 0.15) is 5.82 Å². The Bertz CT molecular complexity index is 1040. The van der Waals surface area contributed by atoms with Crippen molar-refractivity contribution >= 4 is 23.4 Å².